The molecule has 1 aromatic rings. The van der Waals surface area contributed by atoms with Crippen LogP contribution >= 0.6 is 87.9 Å². The maximum atomic E-state index is 12.3. The highest BCUT2D eigenvalue weighted by Crippen LogP contribution is 2.74. The number of hydrogen-bond donors (Lipinski definition) is 0. The first-order valence-electron chi connectivity index (χ1n) is 3.72. The van der Waals surface area contributed by atoms with Crippen molar-refractivity contribution in [2.24, 2.45) is 0 Å². The fourth-order valence-corrected chi connectivity index (χ4v) is 8.93. The summed E-state index contributed by atoms with van der Waals surface area (Å²) in [6.07, 6.45) is 0. The van der Waals surface area contributed by atoms with E-state index in [0.29, 0.717) is 5.56 Å². The molecule has 0 amide bonds. The normalized spacial score (nSPS) is 12.8. The predicted octanol–water partition coefficient (Wildman–Crippen LogP) is 6.20. The zero-order chi connectivity index (χ0) is 12.4. The molecule has 0 heterocycles. The van der Waals surface area contributed by atoms with E-state index in [0.717, 1.165) is 4.47 Å². The standard InChI is InChI=1S/C7H4Br5O3P/c8-6-4-2-1-3-5(6)7(9,10)16(13,14-11)15-12/h1-4H. The van der Waals surface area contributed by atoms with Gasteiger partial charge in [-0.25, -0.2) is 7.23 Å². The van der Waals surface area contributed by atoms with Crippen molar-refractivity contribution >= 4 is 87.9 Å². The van der Waals surface area contributed by atoms with Crippen molar-refractivity contribution in [3.05, 3.63) is 34.3 Å². The molecule has 1 rings (SSSR count). The van der Waals surface area contributed by atoms with Crippen LogP contribution < -0.4 is 0 Å². The topological polar surface area (TPSA) is 35.5 Å². The summed E-state index contributed by atoms with van der Waals surface area (Å²) in [5, 5.41) is 0. The summed E-state index contributed by atoms with van der Waals surface area (Å²) >= 11 is 15.3. The van der Waals surface area contributed by atoms with Gasteiger partial charge in [-0.1, -0.05) is 66.0 Å². The van der Waals surface area contributed by atoms with Gasteiger partial charge in [-0.15, -0.1) is 0 Å². The molecule has 0 atom stereocenters. The minimum atomic E-state index is -3.50. The molecule has 16 heavy (non-hydrogen) atoms. The third-order valence-electron chi connectivity index (χ3n) is 1.72. The Bertz CT molecular complexity index is 416. The van der Waals surface area contributed by atoms with Crippen molar-refractivity contribution < 1.29 is 11.8 Å². The van der Waals surface area contributed by atoms with Crippen LogP contribution in [0.5, 0.6) is 0 Å². The van der Waals surface area contributed by atoms with Gasteiger partial charge in [0.2, 0.25) is 2.97 Å². The second-order valence-corrected chi connectivity index (χ2v) is 11.9. The van der Waals surface area contributed by atoms with Gasteiger partial charge in [-0.2, -0.15) is 0 Å². The van der Waals surface area contributed by atoms with Crippen molar-refractivity contribution in [3.63, 3.8) is 0 Å². The van der Waals surface area contributed by atoms with E-state index in [2.05, 4.69) is 80.3 Å². The first kappa shape index (κ1) is 15.8. The van der Waals surface area contributed by atoms with Crippen molar-refractivity contribution in [3.8, 4) is 0 Å². The molecule has 3 nitrogen and oxygen atoms in total. The molecule has 0 aliphatic rings. The van der Waals surface area contributed by atoms with Gasteiger partial charge < -0.3 is 0 Å². The smallest absolute Gasteiger partial charge is 0.255 e. The molecule has 0 aliphatic carbocycles. The first-order valence-corrected chi connectivity index (χ1v) is 8.94. The zero-order valence-electron chi connectivity index (χ0n) is 7.37. The predicted molar refractivity (Wildman–Crippen MR) is 81.3 cm³/mol. The number of hydrogen-bond acceptors (Lipinski definition) is 3. The Labute approximate surface area is 135 Å². The fourth-order valence-electron chi connectivity index (χ4n) is 0.950. The van der Waals surface area contributed by atoms with E-state index in [1.165, 1.54) is 0 Å². The highest BCUT2D eigenvalue weighted by Gasteiger charge is 2.50. The Hall–Kier alpha value is 1.77. The van der Waals surface area contributed by atoms with E-state index in [9.17, 15) is 4.57 Å². The van der Waals surface area contributed by atoms with Gasteiger partial charge >= 0.3 is 7.60 Å². The Morgan fingerprint density at radius 1 is 1.12 bits per heavy atom. The van der Waals surface area contributed by atoms with Crippen LogP contribution in [0.3, 0.4) is 0 Å². The maximum absolute atomic E-state index is 12.3. The number of alkyl halides is 2. The minimum Gasteiger partial charge on any atom is -0.255 e. The number of benzene rings is 1. The molecule has 90 valence electrons. The van der Waals surface area contributed by atoms with Gasteiger partial charge in [0.15, 0.2) is 0 Å². The fraction of sp³-hybridized carbons (Fsp3) is 0.143. The molecular formula is C7H4Br5O3P. The molecule has 0 N–H and O–H groups in total. The zero-order valence-corrected chi connectivity index (χ0v) is 16.2. The molecular weight excluding hydrogens is 563 g/mol. The molecule has 1 aromatic carbocycles. The van der Waals surface area contributed by atoms with E-state index >= 15 is 0 Å². The highest BCUT2D eigenvalue weighted by atomic mass is 79.9. The SMILES string of the molecule is O=P(OBr)(OBr)C(Br)(Br)c1ccccc1Br. The van der Waals surface area contributed by atoms with Crippen molar-refractivity contribution in [2.45, 2.75) is 2.97 Å². The molecule has 0 aliphatic heterocycles. The van der Waals surface area contributed by atoms with Crippen LogP contribution in [-0.2, 0) is 14.8 Å². The van der Waals surface area contributed by atoms with Crippen molar-refractivity contribution in [2.75, 3.05) is 0 Å². The van der Waals surface area contributed by atoms with Crippen LogP contribution in [0.15, 0.2) is 28.7 Å². The minimum absolute atomic E-state index is 0.678. The van der Waals surface area contributed by atoms with Crippen LogP contribution in [0.2, 0.25) is 0 Å². The Kier molecular flexibility index (Phi) is 6.21. The second kappa shape index (κ2) is 6.28. The largest absolute Gasteiger partial charge is 0.384 e. The molecule has 0 saturated heterocycles. The first-order chi connectivity index (χ1) is 7.39. The number of rotatable bonds is 4. The molecule has 0 saturated carbocycles. The van der Waals surface area contributed by atoms with Crippen LogP contribution in [0.25, 0.3) is 0 Å². The highest BCUT2D eigenvalue weighted by molar-refractivity contribution is 9.26. The average Bonchev–Trinajstić information content (AvgIpc) is 2.28. The summed E-state index contributed by atoms with van der Waals surface area (Å²) in [5.74, 6) is 0. The Morgan fingerprint density at radius 3 is 2.06 bits per heavy atom. The molecule has 9 heteroatoms. The molecule has 0 bridgehead atoms. The quantitative estimate of drug-likeness (QED) is 0.322. The molecule has 0 spiro atoms. The van der Waals surface area contributed by atoms with Crippen LogP contribution in [-0.4, -0.2) is 0 Å². The van der Waals surface area contributed by atoms with Gasteiger partial charge in [-0.05, 0) is 6.07 Å². The van der Waals surface area contributed by atoms with Crippen molar-refractivity contribution in [1.29, 1.82) is 0 Å². The second-order valence-electron chi connectivity index (χ2n) is 2.66. The van der Waals surface area contributed by atoms with E-state index < -0.39 is 10.6 Å². The van der Waals surface area contributed by atoms with Gasteiger partial charge in [-0.3, -0.25) is 4.57 Å². The molecule has 0 unspecified atom stereocenters. The lowest BCUT2D eigenvalue weighted by Crippen LogP contribution is -2.11. The summed E-state index contributed by atoms with van der Waals surface area (Å²) in [6.45, 7) is 0. The van der Waals surface area contributed by atoms with Gasteiger partial charge in [0, 0.05) is 10.0 Å². The van der Waals surface area contributed by atoms with Gasteiger partial charge in [0.25, 0.3) is 0 Å². The van der Waals surface area contributed by atoms with Crippen molar-refractivity contribution in [1.82, 2.24) is 0 Å². The third-order valence-corrected chi connectivity index (χ3v) is 9.45. The summed E-state index contributed by atoms with van der Waals surface area (Å²) in [4.78, 5) is 0. The molecule has 0 radical (unpaired) electrons. The Balaban J connectivity index is 3.31. The van der Waals surface area contributed by atoms with Gasteiger partial charge in [0.05, 0.1) is 0 Å². The summed E-state index contributed by atoms with van der Waals surface area (Å²) in [5.41, 5.74) is 0.678. The monoisotopic (exact) mass is 562 g/mol. The summed E-state index contributed by atoms with van der Waals surface area (Å²) in [6, 6.07) is 7.25. The maximum Gasteiger partial charge on any atom is 0.384 e. The third kappa shape index (κ3) is 3.02. The number of halogens is 5. The van der Waals surface area contributed by atoms with E-state index in [1.807, 2.05) is 18.2 Å². The molecule has 0 aromatic heterocycles. The summed E-state index contributed by atoms with van der Waals surface area (Å²) in [7, 11) is -3.50. The van der Waals surface area contributed by atoms with Crippen LogP contribution in [0.1, 0.15) is 5.56 Å². The lowest BCUT2D eigenvalue weighted by atomic mass is 10.2. The molecule has 0 fully saturated rings. The summed E-state index contributed by atoms with van der Waals surface area (Å²) < 4.78 is 21.4. The van der Waals surface area contributed by atoms with Gasteiger partial charge in [0.1, 0.15) is 32.5 Å². The average molecular weight is 567 g/mol. The van der Waals surface area contributed by atoms with Crippen LogP contribution in [0, 0.1) is 0 Å². The lowest BCUT2D eigenvalue weighted by Gasteiger charge is -2.26. The van der Waals surface area contributed by atoms with Crippen LogP contribution in [0.4, 0.5) is 0 Å². The lowest BCUT2D eigenvalue weighted by molar-refractivity contribution is 0.441. The van der Waals surface area contributed by atoms with E-state index in [1.54, 1.807) is 6.07 Å². The Morgan fingerprint density at radius 2 is 1.62 bits per heavy atom. The van der Waals surface area contributed by atoms with E-state index in [4.69, 9.17) is 7.23 Å². The van der Waals surface area contributed by atoms with E-state index in [-0.39, 0.29) is 0 Å².